The van der Waals surface area contributed by atoms with E-state index in [1.54, 1.807) is 25.1 Å². The second-order valence-electron chi connectivity index (χ2n) is 6.52. The first-order chi connectivity index (χ1) is 14.9. The summed E-state index contributed by atoms with van der Waals surface area (Å²) in [5.74, 6) is 5.64. The molecule has 3 heterocycles. The van der Waals surface area contributed by atoms with Crippen molar-refractivity contribution in [2.45, 2.75) is 13.0 Å². The number of anilines is 2. The van der Waals surface area contributed by atoms with Crippen molar-refractivity contribution in [3.8, 4) is 11.8 Å². The lowest BCUT2D eigenvalue weighted by molar-refractivity contribution is 0.617. The summed E-state index contributed by atoms with van der Waals surface area (Å²) in [5.41, 5.74) is 6.31. The highest BCUT2D eigenvalue weighted by Crippen LogP contribution is 2.23. The molecule has 4 rings (SSSR count). The summed E-state index contributed by atoms with van der Waals surface area (Å²) in [5, 5.41) is 3.75. The largest absolute Gasteiger partial charge is 0.382 e. The maximum atomic E-state index is 13.8. The second-order valence-corrected chi connectivity index (χ2v) is 6.92. The van der Waals surface area contributed by atoms with Crippen LogP contribution in [0.2, 0.25) is 5.02 Å². The Bertz CT molecular complexity index is 1410. The van der Waals surface area contributed by atoms with E-state index >= 15 is 0 Å². The zero-order valence-electron chi connectivity index (χ0n) is 16.1. The van der Waals surface area contributed by atoms with Gasteiger partial charge in [0.05, 0.1) is 22.0 Å². The Morgan fingerprint density at radius 1 is 1.19 bits per heavy atom. The Balaban J connectivity index is 1.69. The fourth-order valence-corrected chi connectivity index (χ4v) is 3.13. The van der Waals surface area contributed by atoms with E-state index in [0.717, 1.165) is 0 Å². The highest BCUT2D eigenvalue weighted by molar-refractivity contribution is 6.35. The molecule has 4 N–H and O–H groups in total. The van der Waals surface area contributed by atoms with Crippen LogP contribution >= 0.6 is 11.6 Å². The molecule has 0 aliphatic heterocycles. The minimum Gasteiger partial charge on any atom is -0.382 e. The van der Waals surface area contributed by atoms with Crippen LogP contribution in [0.25, 0.3) is 10.9 Å². The summed E-state index contributed by atoms with van der Waals surface area (Å²) in [4.78, 5) is 31.7. The Hall–Kier alpha value is -4.03. The number of hydrogen-bond acceptors (Lipinski definition) is 7. The van der Waals surface area contributed by atoms with Gasteiger partial charge in [-0.2, -0.15) is 0 Å². The lowest BCUT2D eigenvalue weighted by Gasteiger charge is -2.16. The Kier molecular flexibility index (Phi) is 5.47. The van der Waals surface area contributed by atoms with Crippen LogP contribution in [0, 0.1) is 17.7 Å². The van der Waals surface area contributed by atoms with Crippen LogP contribution in [-0.2, 0) is 0 Å². The van der Waals surface area contributed by atoms with Crippen molar-refractivity contribution in [2.75, 3.05) is 11.1 Å². The van der Waals surface area contributed by atoms with Crippen LogP contribution in [0.4, 0.5) is 16.0 Å². The van der Waals surface area contributed by atoms with Crippen LogP contribution in [-0.4, -0.2) is 24.9 Å². The minimum absolute atomic E-state index is 0.0258. The average Bonchev–Trinajstić information content (AvgIpc) is 2.74. The maximum absolute atomic E-state index is 13.8. The number of nitrogens with two attached hydrogens (primary N) is 1. The number of pyridine rings is 1. The van der Waals surface area contributed by atoms with Crippen LogP contribution < -0.4 is 16.6 Å². The van der Waals surface area contributed by atoms with Crippen molar-refractivity contribution in [1.82, 2.24) is 24.9 Å². The van der Waals surface area contributed by atoms with Gasteiger partial charge in [0, 0.05) is 6.20 Å². The summed E-state index contributed by atoms with van der Waals surface area (Å²) in [7, 11) is 0. The zero-order valence-corrected chi connectivity index (χ0v) is 16.9. The van der Waals surface area contributed by atoms with E-state index in [2.05, 4.69) is 42.1 Å². The fraction of sp³-hybridized carbons (Fsp3) is 0.0952. The predicted molar refractivity (Wildman–Crippen MR) is 116 cm³/mol. The highest BCUT2D eigenvalue weighted by atomic mass is 35.5. The molecule has 0 saturated heterocycles. The van der Waals surface area contributed by atoms with Gasteiger partial charge in [0.2, 0.25) is 0 Å². The number of nitrogens with one attached hydrogen (secondary N) is 2. The van der Waals surface area contributed by atoms with Gasteiger partial charge < -0.3 is 16.0 Å². The number of nitrogen functional groups attached to an aromatic ring is 1. The molecule has 31 heavy (non-hydrogen) atoms. The smallest absolute Gasteiger partial charge is 0.260 e. The molecule has 10 heteroatoms. The third-order valence-corrected chi connectivity index (χ3v) is 4.72. The SMILES string of the molecule is CC(Nc1ncnc(N)c1C#Cc1ncccc1F)c1nc2cccc(Cl)c2c(=O)[nH]1. The van der Waals surface area contributed by atoms with Crippen LogP contribution in [0.5, 0.6) is 0 Å². The van der Waals surface area contributed by atoms with Crippen molar-refractivity contribution < 1.29 is 4.39 Å². The van der Waals surface area contributed by atoms with Crippen LogP contribution in [0.1, 0.15) is 30.0 Å². The van der Waals surface area contributed by atoms with E-state index in [-0.39, 0.29) is 22.6 Å². The monoisotopic (exact) mass is 435 g/mol. The summed E-state index contributed by atoms with van der Waals surface area (Å²) in [6, 6.07) is 7.30. The first-order valence-corrected chi connectivity index (χ1v) is 9.50. The Morgan fingerprint density at radius 2 is 2.03 bits per heavy atom. The van der Waals surface area contributed by atoms with Gasteiger partial charge in [-0.25, -0.2) is 24.3 Å². The first kappa shape index (κ1) is 20.3. The molecule has 0 radical (unpaired) electrons. The molecule has 0 fully saturated rings. The normalized spacial score (nSPS) is 11.6. The fourth-order valence-electron chi connectivity index (χ4n) is 2.88. The third kappa shape index (κ3) is 4.15. The summed E-state index contributed by atoms with van der Waals surface area (Å²) in [6.07, 6.45) is 2.71. The molecule has 1 unspecified atom stereocenters. The van der Waals surface area contributed by atoms with E-state index in [4.69, 9.17) is 17.3 Å². The molecule has 0 bridgehead atoms. The van der Waals surface area contributed by atoms with Crippen molar-refractivity contribution in [1.29, 1.82) is 0 Å². The topological polar surface area (TPSA) is 122 Å². The molecule has 0 aliphatic rings. The number of hydrogen-bond donors (Lipinski definition) is 3. The average molecular weight is 436 g/mol. The second kappa shape index (κ2) is 8.38. The number of aromatic amines is 1. The number of aromatic nitrogens is 5. The molecule has 1 aromatic carbocycles. The van der Waals surface area contributed by atoms with Gasteiger partial charge >= 0.3 is 0 Å². The van der Waals surface area contributed by atoms with Gasteiger partial charge in [-0.3, -0.25) is 4.79 Å². The van der Waals surface area contributed by atoms with E-state index in [9.17, 15) is 9.18 Å². The quantitative estimate of drug-likeness (QED) is 0.422. The Labute approximate surface area is 180 Å². The minimum atomic E-state index is -0.551. The number of nitrogens with zero attached hydrogens (tertiary/aromatic N) is 4. The summed E-state index contributed by atoms with van der Waals surface area (Å²) < 4.78 is 13.8. The van der Waals surface area contributed by atoms with Gasteiger partial charge in [-0.15, -0.1) is 0 Å². The zero-order chi connectivity index (χ0) is 22.0. The van der Waals surface area contributed by atoms with Gasteiger partial charge in [0.1, 0.15) is 35.0 Å². The van der Waals surface area contributed by atoms with Gasteiger partial charge in [-0.1, -0.05) is 23.6 Å². The van der Waals surface area contributed by atoms with Crippen molar-refractivity contribution in [2.24, 2.45) is 0 Å². The molecule has 3 aromatic heterocycles. The maximum Gasteiger partial charge on any atom is 0.260 e. The van der Waals surface area contributed by atoms with Gasteiger partial charge in [0.25, 0.3) is 5.56 Å². The highest BCUT2D eigenvalue weighted by Gasteiger charge is 2.16. The van der Waals surface area contributed by atoms with Crippen LogP contribution in [0.3, 0.4) is 0 Å². The van der Waals surface area contributed by atoms with Crippen molar-refractivity contribution >= 4 is 34.1 Å². The molecule has 8 nitrogen and oxygen atoms in total. The van der Waals surface area contributed by atoms with Gasteiger partial charge in [0.15, 0.2) is 5.82 Å². The van der Waals surface area contributed by atoms with E-state index in [1.165, 1.54) is 24.7 Å². The van der Waals surface area contributed by atoms with Crippen molar-refractivity contribution in [3.63, 3.8) is 0 Å². The third-order valence-electron chi connectivity index (χ3n) is 4.41. The molecular formula is C21H15ClFN7O. The van der Waals surface area contributed by atoms with Crippen molar-refractivity contribution in [3.05, 3.63) is 81.1 Å². The Morgan fingerprint density at radius 3 is 2.84 bits per heavy atom. The van der Waals surface area contributed by atoms with E-state index in [0.29, 0.717) is 27.6 Å². The molecule has 0 aliphatic carbocycles. The number of rotatable bonds is 3. The summed E-state index contributed by atoms with van der Waals surface area (Å²) in [6.45, 7) is 1.78. The molecule has 4 aromatic rings. The molecular weight excluding hydrogens is 421 g/mol. The molecule has 0 saturated carbocycles. The van der Waals surface area contributed by atoms with E-state index < -0.39 is 11.9 Å². The van der Waals surface area contributed by atoms with E-state index in [1.807, 2.05) is 0 Å². The lowest BCUT2D eigenvalue weighted by Crippen LogP contribution is -2.19. The standard InChI is InChI=1S/C21H15ClFN7O/c1-11(19-29-16-6-2-4-13(22)17(16)21(31)30-19)28-20-12(18(24)26-10-27-20)7-8-15-14(23)5-3-9-25-15/h2-6,9-11H,1H3,(H,29,30,31)(H3,24,26,27,28). The molecule has 0 spiro atoms. The molecule has 1 atom stereocenters. The summed E-state index contributed by atoms with van der Waals surface area (Å²) >= 11 is 6.11. The number of fused-ring (bicyclic) bond motifs is 1. The predicted octanol–water partition coefficient (Wildman–Crippen LogP) is 3.06. The first-order valence-electron chi connectivity index (χ1n) is 9.12. The molecule has 154 valence electrons. The lowest BCUT2D eigenvalue weighted by atomic mass is 10.2. The number of benzene rings is 1. The molecule has 0 amide bonds. The van der Waals surface area contributed by atoms with Crippen LogP contribution in [0.15, 0.2) is 47.7 Å². The number of H-pyrrole nitrogens is 1. The number of halogens is 2. The van der Waals surface area contributed by atoms with Gasteiger partial charge in [-0.05, 0) is 37.1 Å².